The van der Waals surface area contributed by atoms with Gasteiger partial charge in [-0.05, 0) is 68.0 Å². The van der Waals surface area contributed by atoms with E-state index >= 15 is 0 Å². The van der Waals surface area contributed by atoms with E-state index in [-0.39, 0.29) is 0 Å². The Morgan fingerprint density at radius 1 is 0.321 bits per heavy atom. The second kappa shape index (κ2) is 11.7. The van der Waals surface area contributed by atoms with Gasteiger partial charge < -0.3 is 4.57 Å². The maximum absolute atomic E-state index is 5.32. The normalized spacial score (nSPS) is 11.8. The number of hydrogen-bond donors (Lipinski definition) is 0. The summed E-state index contributed by atoms with van der Waals surface area (Å²) >= 11 is 0. The third kappa shape index (κ3) is 4.80. The standard InChI is InChI=1S/C49H30N4/c1-2-14-33(15-3-1)47-50-48(39-23-22-31-12-4-5-16-34(31)26-39)52-49(51-47)43-28-36-18-7-9-20-38(36)30-45(43)53-44-29-37-19-8-6-17-35(37)27-42(44)41-25-24-32-13-10-11-21-40(32)46(41)53/h1-30H. The van der Waals surface area contributed by atoms with Gasteiger partial charge in [-0.3, -0.25) is 0 Å². The number of nitrogens with zero attached hydrogens (tertiary/aromatic N) is 4. The van der Waals surface area contributed by atoms with E-state index < -0.39 is 0 Å². The zero-order valence-corrected chi connectivity index (χ0v) is 28.6. The number of fused-ring (bicyclic) bond motifs is 8. The molecule has 0 bridgehead atoms. The first-order chi connectivity index (χ1) is 26.2. The van der Waals surface area contributed by atoms with E-state index in [0.717, 1.165) is 49.6 Å². The quantitative estimate of drug-likeness (QED) is 0.187. The highest BCUT2D eigenvalue weighted by atomic mass is 15.1. The summed E-state index contributed by atoms with van der Waals surface area (Å²) < 4.78 is 2.45. The molecule has 0 amide bonds. The van der Waals surface area contributed by atoms with Crippen LogP contribution in [0.25, 0.3) is 105 Å². The molecule has 11 aromatic rings. The maximum atomic E-state index is 5.32. The second-order valence-corrected chi connectivity index (χ2v) is 13.7. The predicted molar refractivity (Wildman–Crippen MR) is 220 cm³/mol. The van der Waals surface area contributed by atoms with Gasteiger partial charge >= 0.3 is 0 Å². The van der Waals surface area contributed by atoms with Gasteiger partial charge in [0, 0.05) is 32.8 Å². The molecule has 2 heterocycles. The van der Waals surface area contributed by atoms with Crippen LogP contribution < -0.4 is 0 Å². The van der Waals surface area contributed by atoms with Gasteiger partial charge in [0.15, 0.2) is 17.5 Å². The van der Waals surface area contributed by atoms with Crippen LogP contribution in [-0.2, 0) is 0 Å². The Hall–Kier alpha value is -7.17. The highest BCUT2D eigenvalue weighted by Crippen LogP contribution is 2.42. The lowest BCUT2D eigenvalue weighted by molar-refractivity contribution is 1.07. The Morgan fingerprint density at radius 2 is 0.868 bits per heavy atom. The summed E-state index contributed by atoms with van der Waals surface area (Å²) in [5.74, 6) is 1.90. The molecule has 0 unspecified atom stereocenters. The van der Waals surface area contributed by atoms with Crippen LogP contribution in [0.2, 0.25) is 0 Å². The molecule has 0 aliphatic rings. The van der Waals surface area contributed by atoms with E-state index in [1.165, 1.54) is 37.7 Å². The van der Waals surface area contributed by atoms with Crippen molar-refractivity contribution < 1.29 is 0 Å². The number of hydrogen-bond acceptors (Lipinski definition) is 3. The van der Waals surface area contributed by atoms with Gasteiger partial charge in [0.25, 0.3) is 0 Å². The Balaban J connectivity index is 1.28. The first-order valence-corrected chi connectivity index (χ1v) is 17.9. The lowest BCUT2D eigenvalue weighted by Crippen LogP contribution is -2.04. The summed E-state index contributed by atoms with van der Waals surface area (Å²) in [6, 6.07) is 64.7. The molecule has 2 aromatic heterocycles. The van der Waals surface area contributed by atoms with Gasteiger partial charge in [0.05, 0.1) is 16.7 Å². The van der Waals surface area contributed by atoms with Gasteiger partial charge in [-0.2, -0.15) is 0 Å². The van der Waals surface area contributed by atoms with E-state index in [2.05, 4.69) is 168 Å². The fourth-order valence-electron chi connectivity index (χ4n) is 7.98. The molecule has 0 fully saturated rings. The van der Waals surface area contributed by atoms with Crippen LogP contribution in [0.15, 0.2) is 182 Å². The Morgan fingerprint density at radius 3 is 1.62 bits per heavy atom. The van der Waals surface area contributed by atoms with Crippen molar-refractivity contribution in [2.75, 3.05) is 0 Å². The molecule has 11 rings (SSSR count). The number of aromatic nitrogens is 4. The topological polar surface area (TPSA) is 43.6 Å². The highest BCUT2D eigenvalue weighted by Gasteiger charge is 2.22. The van der Waals surface area contributed by atoms with E-state index in [1.807, 2.05) is 18.2 Å². The fraction of sp³-hybridized carbons (Fsp3) is 0. The first-order valence-electron chi connectivity index (χ1n) is 17.9. The van der Waals surface area contributed by atoms with E-state index in [1.54, 1.807) is 0 Å². The highest BCUT2D eigenvalue weighted by molar-refractivity contribution is 6.21. The summed E-state index contributed by atoms with van der Waals surface area (Å²) in [5, 5.41) is 11.8. The average Bonchev–Trinajstić information content (AvgIpc) is 3.55. The van der Waals surface area contributed by atoms with Crippen molar-refractivity contribution in [2.45, 2.75) is 0 Å². The molecule has 0 aliphatic carbocycles. The molecule has 9 aromatic carbocycles. The zero-order valence-electron chi connectivity index (χ0n) is 28.6. The molecule has 4 heteroatoms. The molecule has 0 N–H and O–H groups in total. The van der Waals surface area contributed by atoms with E-state index in [4.69, 9.17) is 15.0 Å². The summed E-state index contributed by atoms with van der Waals surface area (Å²) in [4.78, 5) is 15.7. The fourth-order valence-corrected chi connectivity index (χ4v) is 7.98. The largest absolute Gasteiger partial charge is 0.308 e. The molecule has 4 nitrogen and oxygen atoms in total. The molecule has 246 valence electrons. The molecular weight excluding hydrogens is 645 g/mol. The zero-order chi connectivity index (χ0) is 34.9. The van der Waals surface area contributed by atoms with Gasteiger partial charge in [0.2, 0.25) is 0 Å². The van der Waals surface area contributed by atoms with Crippen LogP contribution in [0.4, 0.5) is 0 Å². The van der Waals surface area contributed by atoms with Crippen molar-refractivity contribution in [2.24, 2.45) is 0 Å². The van der Waals surface area contributed by atoms with Crippen LogP contribution in [0.1, 0.15) is 0 Å². The Labute approximate surface area is 305 Å². The SMILES string of the molecule is c1ccc(-c2nc(-c3ccc4ccccc4c3)nc(-c3cc4ccccc4cc3-n3c4cc5ccccc5cc4c4ccc5ccccc5c43)n2)cc1. The molecule has 0 saturated heterocycles. The smallest absolute Gasteiger partial charge is 0.166 e. The average molecular weight is 675 g/mol. The van der Waals surface area contributed by atoms with Gasteiger partial charge in [-0.1, -0.05) is 152 Å². The summed E-state index contributed by atoms with van der Waals surface area (Å²) in [7, 11) is 0. The monoisotopic (exact) mass is 674 g/mol. The van der Waals surface area contributed by atoms with Gasteiger partial charge in [-0.25, -0.2) is 15.0 Å². The van der Waals surface area contributed by atoms with Crippen molar-refractivity contribution >= 4 is 64.9 Å². The van der Waals surface area contributed by atoms with Crippen LogP contribution >= 0.6 is 0 Å². The third-order valence-electron chi connectivity index (χ3n) is 10.5. The lowest BCUT2D eigenvalue weighted by atomic mass is 10.0. The molecule has 53 heavy (non-hydrogen) atoms. The summed E-state index contributed by atoms with van der Waals surface area (Å²) in [5.41, 5.74) is 6.14. The van der Waals surface area contributed by atoms with Crippen molar-refractivity contribution in [3.05, 3.63) is 182 Å². The third-order valence-corrected chi connectivity index (χ3v) is 10.5. The Kier molecular flexibility index (Phi) is 6.52. The number of rotatable bonds is 4. The molecule has 0 spiro atoms. The van der Waals surface area contributed by atoms with Crippen molar-refractivity contribution in [1.82, 2.24) is 19.5 Å². The van der Waals surface area contributed by atoms with Crippen molar-refractivity contribution in [3.8, 4) is 39.9 Å². The maximum Gasteiger partial charge on any atom is 0.166 e. The first kappa shape index (κ1) is 29.5. The summed E-state index contributed by atoms with van der Waals surface area (Å²) in [6.07, 6.45) is 0. The predicted octanol–water partition coefficient (Wildman–Crippen LogP) is 12.6. The number of benzene rings is 9. The molecule has 0 saturated carbocycles. The van der Waals surface area contributed by atoms with Crippen LogP contribution in [0, 0.1) is 0 Å². The second-order valence-electron chi connectivity index (χ2n) is 13.7. The van der Waals surface area contributed by atoms with Gasteiger partial charge in [0.1, 0.15) is 0 Å². The van der Waals surface area contributed by atoms with Crippen LogP contribution in [0.3, 0.4) is 0 Å². The molecule has 0 atom stereocenters. The van der Waals surface area contributed by atoms with Crippen LogP contribution in [0.5, 0.6) is 0 Å². The minimum Gasteiger partial charge on any atom is -0.308 e. The van der Waals surface area contributed by atoms with Crippen LogP contribution in [-0.4, -0.2) is 19.5 Å². The van der Waals surface area contributed by atoms with Crippen molar-refractivity contribution in [3.63, 3.8) is 0 Å². The lowest BCUT2D eigenvalue weighted by Gasteiger charge is -2.17. The molecule has 0 aliphatic heterocycles. The minimum atomic E-state index is 0.624. The molecule has 0 radical (unpaired) electrons. The summed E-state index contributed by atoms with van der Waals surface area (Å²) in [6.45, 7) is 0. The molecular formula is C49H30N4. The van der Waals surface area contributed by atoms with Gasteiger partial charge in [-0.15, -0.1) is 0 Å². The van der Waals surface area contributed by atoms with E-state index in [0.29, 0.717) is 17.5 Å². The minimum absolute atomic E-state index is 0.624. The van der Waals surface area contributed by atoms with Crippen molar-refractivity contribution in [1.29, 1.82) is 0 Å². The Bertz CT molecular complexity index is 3230. The van der Waals surface area contributed by atoms with E-state index in [9.17, 15) is 0 Å².